The summed E-state index contributed by atoms with van der Waals surface area (Å²) in [7, 11) is -2.88. The van der Waals surface area contributed by atoms with Gasteiger partial charge in [-0.3, -0.25) is 4.79 Å². The Balaban J connectivity index is 1.76. The van der Waals surface area contributed by atoms with Crippen molar-refractivity contribution in [3.8, 4) is 0 Å². The number of carbonyl (C=O) groups excluding carboxylic acids is 1. The van der Waals surface area contributed by atoms with Crippen molar-refractivity contribution in [3.05, 3.63) is 30.2 Å². The third-order valence-corrected chi connectivity index (χ3v) is 4.67. The van der Waals surface area contributed by atoms with Crippen LogP contribution in [0.5, 0.6) is 0 Å². The van der Waals surface area contributed by atoms with Crippen LogP contribution in [0.4, 0.5) is 0 Å². The van der Waals surface area contributed by atoms with Gasteiger partial charge in [-0.1, -0.05) is 0 Å². The number of amides is 1. The van der Waals surface area contributed by atoms with E-state index < -0.39 is 9.84 Å². The molecule has 1 saturated heterocycles. The average molecular weight is 269 g/mol. The molecule has 0 radical (unpaired) electrons. The summed E-state index contributed by atoms with van der Waals surface area (Å²) in [6, 6.07) is 3.48. The van der Waals surface area contributed by atoms with Crippen LogP contribution in [0.25, 0.3) is 6.08 Å². The predicted octanol–water partition coefficient (Wildman–Crippen LogP) is 0.844. The lowest BCUT2D eigenvalue weighted by Crippen LogP contribution is -2.28. The molecule has 6 heteroatoms. The number of sulfone groups is 1. The highest BCUT2D eigenvalue weighted by Crippen LogP contribution is 2.17. The van der Waals surface area contributed by atoms with Gasteiger partial charge in [0.25, 0.3) is 0 Å². The first-order valence-electron chi connectivity index (χ1n) is 5.75. The smallest absolute Gasteiger partial charge is 0.244 e. The van der Waals surface area contributed by atoms with Crippen LogP contribution in [-0.2, 0) is 14.6 Å². The first-order valence-corrected chi connectivity index (χ1v) is 7.57. The van der Waals surface area contributed by atoms with Gasteiger partial charge in [-0.2, -0.15) is 0 Å². The van der Waals surface area contributed by atoms with Gasteiger partial charge in [0.15, 0.2) is 9.84 Å². The van der Waals surface area contributed by atoms with Crippen LogP contribution in [0, 0.1) is 5.92 Å². The Morgan fingerprint density at radius 2 is 2.39 bits per heavy atom. The molecule has 2 heterocycles. The molecule has 1 aromatic rings. The second kappa shape index (κ2) is 5.39. The van der Waals surface area contributed by atoms with Gasteiger partial charge in [-0.25, -0.2) is 8.42 Å². The summed E-state index contributed by atoms with van der Waals surface area (Å²) in [4.78, 5) is 11.5. The van der Waals surface area contributed by atoms with Gasteiger partial charge in [0.05, 0.1) is 17.8 Å². The normalized spacial score (nSPS) is 22.3. The summed E-state index contributed by atoms with van der Waals surface area (Å²) < 4.78 is 27.5. The van der Waals surface area contributed by atoms with Crippen molar-refractivity contribution in [3.63, 3.8) is 0 Å². The van der Waals surface area contributed by atoms with E-state index in [0.717, 1.165) is 0 Å². The fourth-order valence-corrected chi connectivity index (χ4v) is 3.74. The maximum absolute atomic E-state index is 11.5. The SMILES string of the molecule is O=C(C=Cc1ccco1)NCC1CCS(=O)(=O)C1. The van der Waals surface area contributed by atoms with Crippen molar-refractivity contribution in [2.24, 2.45) is 5.92 Å². The molecule has 1 N–H and O–H groups in total. The first-order chi connectivity index (χ1) is 8.55. The Kier molecular flexibility index (Phi) is 3.86. The number of hydrogen-bond acceptors (Lipinski definition) is 4. The van der Waals surface area contributed by atoms with Crippen LogP contribution in [0.15, 0.2) is 28.9 Å². The second-order valence-electron chi connectivity index (χ2n) is 4.36. The molecule has 0 aromatic carbocycles. The van der Waals surface area contributed by atoms with Crippen LogP contribution < -0.4 is 5.32 Å². The van der Waals surface area contributed by atoms with Crippen LogP contribution in [-0.4, -0.2) is 32.4 Å². The van der Waals surface area contributed by atoms with Gasteiger partial charge in [-0.15, -0.1) is 0 Å². The van der Waals surface area contributed by atoms with E-state index in [4.69, 9.17) is 4.42 Å². The monoisotopic (exact) mass is 269 g/mol. The highest BCUT2D eigenvalue weighted by Gasteiger charge is 2.27. The van der Waals surface area contributed by atoms with Gasteiger partial charge in [0.1, 0.15) is 5.76 Å². The van der Waals surface area contributed by atoms with Gasteiger partial charge in [0, 0.05) is 12.6 Å². The number of carbonyl (C=O) groups is 1. The molecule has 2 rings (SSSR count). The summed E-state index contributed by atoms with van der Waals surface area (Å²) >= 11 is 0. The molecule has 18 heavy (non-hydrogen) atoms. The molecule has 0 spiro atoms. The Hall–Kier alpha value is -1.56. The largest absolute Gasteiger partial charge is 0.465 e. The van der Waals surface area contributed by atoms with E-state index in [1.54, 1.807) is 18.2 Å². The lowest BCUT2D eigenvalue weighted by molar-refractivity contribution is -0.116. The first kappa shape index (κ1) is 12.9. The number of rotatable bonds is 4. The van der Waals surface area contributed by atoms with Crippen molar-refractivity contribution in [1.82, 2.24) is 5.32 Å². The molecule has 1 atom stereocenters. The van der Waals surface area contributed by atoms with Crippen molar-refractivity contribution in [1.29, 1.82) is 0 Å². The van der Waals surface area contributed by atoms with E-state index in [9.17, 15) is 13.2 Å². The fraction of sp³-hybridized carbons (Fsp3) is 0.417. The third-order valence-electron chi connectivity index (χ3n) is 2.83. The fourth-order valence-electron chi connectivity index (χ4n) is 1.88. The molecule has 1 aliphatic heterocycles. The van der Waals surface area contributed by atoms with Crippen molar-refractivity contribution in [2.45, 2.75) is 6.42 Å². The lowest BCUT2D eigenvalue weighted by Gasteiger charge is -2.07. The Morgan fingerprint density at radius 1 is 1.56 bits per heavy atom. The Bertz CT molecular complexity index is 530. The summed E-state index contributed by atoms with van der Waals surface area (Å²) in [6.07, 6.45) is 5.11. The van der Waals surface area contributed by atoms with Crippen LogP contribution in [0.3, 0.4) is 0 Å². The molecule has 0 aliphatic carbocycles. The predicted molar refractivity (Wildman–Crippen MR) is 67.5 cm³/mol. The molecule has 1 unspecified atom stereocenters. The molecular formula is C12H15NO4S. The van der Waals surface area contributed by atoms with Gasteiger partial charge < -0.3 is 9.73 Å². The topological polar surface area (TPSA) is 76.4 Å². The van der Waals surface area contributed by atoms with Crippen LogP contribution in [0.1, 0.15) is 12.2 Å². The zero-order valence-corrected chi connectivity index (χ0v) is 10.7. The third kappa shape index (κ3) is 3.73. The van der Waals surface area contributed by atoms with Crippen molar-refractivity contribution < 1.29 is 17.6 Å². The maximum Gasteiger partial charge on any atom is 0.244 e. The minimum absolute atomic E-state index is 0.0379. The highest BCUT2D eigenvalue weighted by molar-refractivity contribution is 7.91. The summed E-state index contributed by atoms with van der Waals surface area (Å²) in [5.41, 5.74) is 0. The van der Waals surface area contributed by atoms with E-state index in [0.29, 0.717) is 18.7 Å². The van der Waals surface area contributed by atoms with Gasteiger partial charge in [0.2, 0.25) is 5.91 Å². The molecule has 98 valence electrons. The molecule has 1 aliphatic rings. The van der Waals surface area contributed by atoms with Crippen molar-refractivity contribution >= 4 is 21.8 Å². The van der Waals surface area contributed by atoms with Crippen LogP contribution >= 0.6 is 0 Å². The van der Waals surface area contributed by atoms with E-state index in [1.807, 2.05) is 0 Å². The second-order valence-corrected chi connectivity index (χ2v) is 6.59. The number of hydrogen-bond donors (Lipinski definition) is 1. The minimum Gasteiger partial charge on any atom is -0.465 e. The van der Waals surface area contributed by atoms with E-state index in [1.165, 1.54) is 12.3 Å². The standard InChI is InChI=1S/C12H15NO4S/c14-12(4-3-11-2-1-6-17-11)13-8-10-5-7-18(15,16)9-10/h1-4,6,10H,5,7-9H2,(H,13,14). The zero-order valence-electron chi connectivity index (χ0n) is 9.83. The molecule has 0 saturated carbocycles. The molecule has 5 nitrogen and oxygen atoms in total. The van der Waals surface area contributed by atoms with Gasteiger partial charge >= 0.3 is 0 Å². The molecule has 1 fully saturated rings. The summed E-state index contributed by atoms with van der Waals surface area (Å²) in [5, 5.41) is 2.69. The Labute approximate surface area is 106 Å². The van der Waals surface area contributed by atoms with E-state index in [-0.39, 0.29) is 23.3 Å². The molecule has 0 bridgehead atoms. The zero-order chi connectivity index (χ0) is 13.0. The lowest BCUT2D eigenvalue weighted by atomic mass is 10.1. The summed E-state index contributed by atoms with van der Waals surface area (Å²) in [6.45, 7) is 0.403. The maximum atomic E-state index is 11.5. The highest BCUT2D eigenvalue weighted by atomic mass is 32.2. The summed E-state index contributed by atoms with van der Waals surface area (Å²) in [5.74, 6) is 0.811. The van der Waals surface area contributed by atoms with Crippen molar-refractivity contribution in [2.75, 3.05) is 18.1 Å². The van der Waals surface area contributed by atoms with E-state index in [2.05, 4.69) is 5.32 Å². The van der Waals surface area contributed by atoms with E-state index >= 15 is 0 Å². The molecule has 1 amide bonds. The number of furan rings is 1. The average Bonchev–Trinajstić information content (AvgIpc) is 2.93. The molecule has 1 aromatic heterocycles. The van der Waals surface area contributed by atoms with Crippen LogP contribution in [0.2, 0.25) is 0 Å². The quantitative estimate of drug-likeness (QED) is 0.822. The molecular weight excluding hydrogens is 254 g/mol. The Morgan fingerprint density at radius 3 is 3.00 bits per heavy atom. The van der Waals surface area contributed by atoms with Gasteiger partial charge in [-0.05, 0) is 30.5 Å². The number of nitrogens with one attached hydrogen (secondary N) is 1. The minimum atomic E-state index is -2.88.